The van der Waals surface area contributed by atoms with Crippen LogP contribution in [0.4, 0.5) is 17.1 Å². The van der Waals surface area contributed by atoms with Crippen molar-refractivity contribution in [1.82, 2.24) is 0 Å². The quantitative estimate of drug-likeness (QED) is 0.565. The van der Waals surface area contributed by atoms with Gasteiger partial charge in [0.15, 0.2) is 0 Å². The molecule has 1 fully saturated rings. The monoisotopic (exact) mass is 381 g/mol. The van der Waals surface area contributed by atoms with Gasteiger partial charge in [-0.1, -0.05) is 32.0 Å². The zero-order chi connectivity index (χ0) is 20.3. The summed E-state index contributed by atoms with van der Waals surface area (Å²) in [6.07, 6.45) is 3.22. The van der Waals surface area contributed by atoms with Crippen molar-refractivity contribution in [3.05, 3.63) is 63.2 Å². The first-order valence-corrected chi connectivity index (χ1v) is 9.82. The molecule has 0 bridgehead atoms. The standard InChI is InChI=1S/C22H27N3O3/c1-15(2)18-9-7-8-16(3)21(18)23-22(26)17-10-11-19(20(14-17)25(27)28)24-12-5-4-6-13-24/h7-11,14-15H,4-6,12-13H2,1-3H3,(H,23,26). The smallest absolute Gasteiger partial charge is 0.293 e. The summed E-state index contributed by atoms with van der Waals surface area (Å²) in [4.78, 5) is 26.1. The van der Waals surface area contributed by atoms with Crippen LogP contribution in [-0.2, 0) is 0 Å². The van der Waals surface area contributed by atoms with Crippen LogP contribution >= 0.6 is 0 Å². The van der Waals surface area contributed by atoms with Crippen molar-refractivity contribution >= 4 is 23.0 Å². The summed E-state index contributed by atoms with van der Waals surface area (Å²) in [6, 6.07) is 10.7. The highest BCUT2D eigenvalue weighted by Gasteiger charge is 2.23. The number of para-hydroxylation sites is 1. The Hall–Kier alpha value is -2.89. The molecule has 2 aromatic rings. The molecule has 1 aliphatic heterocycles. The number of benzene rings is 2. The maximum atomic E-state index is 12.9. The van der Waals surface area contributed by atoms with Gasteiger partial charge in [-0.05, 0) is 55.4 Å². The Morgan fingerprint density at radius 3 is 2.50 bits per heavy atom. The van der Waals surface area contributed by atoms with E-state index in [9.17, 15) is 14.9 Å². The molecule has 6 nitrogen and oxygen atoms in total. The lowest BCUT2D eigenvalue weighted by Gasteiger charge is -2.28. The summed E-state index contributed by atoms with van der Waals surface area (Å²) in [6.45, 7) is 7.72. The van der Waals surface area contributed by atoms with Crippen LogP contribution in [0.15, 0.2) is 36.4 Å². The van der Waals surface area contributed by atoms with Gasteiger partial charge < -0.3 is 10.2 Å². The fourth-order valence-electron chi connectivity index (χ4n) is 3.74. The highest BCUT2D eigenvalue weighted by atomic mass is 16.6. The first-order valence-electron chi connectivity index (χ1n) is 9.82. The fourth-order valence-corrected chi connectivity index (χ4v) is 3.74. The van der Waals surface area contributed by atoms with Gasteiger partial charge in [-0.25, -0.2) is 0 Å². The number of amides is 1. The summed E-state index contributed by atoms with van der Waals surface area (Å²) in [5.41, 5.74) is 3.69. The lowest BCUT2D eigenvalue weighted by Crippen LogP contribution is -2.30. The number of carbonyl (C=O) groups excluding carboxylic acids is 1. The molecule has 6 heteroatoms. The molecule has 1 saturated heterocycles. The molecular weight excluding hydrogens is 354 g/mol. The van der Waals surface area contributed by atoms with E-state index in [0.717, 1.165) is 49.2 Å². The van der Waals surface area contributed by atoms with Gasteiger partial charge in [-0.15, -0.1) is 0 Å². The van der Waals surface area contributed by atoms with Crippen LogP contribution in [0.2, 0.25) is 0 Å². The summed E-state index contributed by atoms with van der Waals surface area (Å²) in [5.74, 6) is -0.0736. The molecule has 0 radical (unpaired) electrons. The van der Waals surface area contributed by atoms with Gasteiger partial charge in [0.25, 0.3) is 11.6 Å². The number of nitrogens with one attached hydrogen (secondary N) is 1. The highest BCUT2D eigenvalue weighted by molar-refractivity contribution is 6.06. The number of nitrogens with zero attached hydrogens (tertiary/aromatic N) is 2. The molecule has 1 amide bonds. The maximum absolute atomic E-state index is 12.9. The van der Waals surface area contributed by atoms with Crippen molar-refractivity contribution in [3.63, 3.8) is 0 Å². The number of rotatable bonds is 5. The van der Waals surface area contributed by atoms with Crippen LogP contribution in [0.3, 0.4) is 0 Å². The average molecular weight is 381 g/mol. The topological polar surface area (TPSA) is 75.5 Å². The number of nitro benzene ring substituents is 1. The molecule has 1 heterocycles. The minimum absolute atomic E-state index is 0.0107. The van der Waals surface area contributed by atoms with Gasteiger partial charge in [0.1, 0.15) is 5.69 Å². The third kappa shape index (κ3) is 4.16. The molecule has 28 heavy (non-hydrogen) atoms. The minimum atomic E-state index is -0.395. The maximum Gasteiger partial charge on any atom is 0.293 e. The Labute approximate surface area is 165 Å². The molecule has 1 N–H and O–H groups in total. The third-order valence-electron chi connectivity index (χ3n) is 5.30. The van der Waals surface area contributed by atoms with Crippen molar-refractivity contribution in [2.24, 2.45) is 0 Å². The van der Waals surface area contributed by atoms with E-state index in [-0.39, 0.29) is 17.5 Å². The molecule has 0 unspecified atom stereocenters. The van der Waals surface area contributed by atoms with Crippen molar-refractivity contribution in [1.29, 1.82) is 0 Å². The molecule has 0 aromatic heterocycles. The summed E-state index contributed by atoms with van der Waals surface area (Å²) in [7, 11) is 0. The molecule has 148 valence electrons. The van der Waals surface area contributed by atoms with Crippen LogP contribution in [0.1, 0.15) is 60.5 Å². The summed E-state index contributed by atoms with van der Waals surface area (Å²) < 4.78 is 0. The minimum Gasteiger partial charge on any atom is -0.366 e. The van der Waals surface area contributed by atoms with E-state index in [1.165, 1.54) is 6.07 Å². The lowest BCUT2D eigenvalue weighted by atomic mass is 9.98. The molecule has 2 aromatic carbocycles. The van der Waals surface area contributed by atoms with Crippen LogP contribution in [-0.4, -0.2) is 23.9 Å². The van der Waals surface area contributed by atoms with Crippen LogP contribution in [0.25, 0.3) is 0 Å². The predicted octanol–water partition coefficient (Wildman–Crippen LogP) is 5.27. The first-order chi connectivity index (χ1) is 13.4. The zero-order valence-electron chi connectivity index (χ0n) is 16.7. The van der Waals surface area contributed by atoms with Gasteiger partial charge in [-0.3, -0.25) is 14.9 Å². The molecule has 0 atom stereocenters. The Bertz CT molecular complexity index is 887. The molecule has 0 saturated carbocycles. The predicted molar refractivity (Wildman–Crippen MR) is 112 cm³/mol. The highest BCUT2D eigenvalue weighted by Crippen LogP contribution is 2.32. The second-order valence-electron chi connectivity index (χ2n) is 7.66. The summed E-state index contributed by atoms with van der Waals surface area (Å²) in [5, 5.41) is 14.6. The largest absolute Gasteiger partial charge is 0.366 e. The van der Waals surface area contributed by atoms with Gasteiger partial charge in [0.05, 0.1) is 4.92 Å². The Morgan fingerprint density at radius 1 is 1.14 bits per heavy atom. The number of hydrogen-bond donors (Lipinski definition) is 1. The van der Waals surface area contributed by atoms with E-state index in [0.29, 0.717) is 11.3 Å². The van der Waals surface area contributed by atoms with Crippen molar-refractivity contribution in [3.8, 4) is 0 Å². The average Bonchev–Trinajstić information content (AvgIpc) is 2.69. The molecule has 0 spiro atoms. The number of carbonyl (C=O) groups is 1. The van der Waals surface area contributed by atoms with Crippen LogP contribution in [0.5, 0.6) is 0 Å². The van der Waals surface area contributed by atoms with Crippen molar-refractivity contribution in [2.75, 3.05) is 23.3 Å². The molecule has 0 aliphatic carbocycles. The second kappa shape index (κ2) is 8.42. The third-order valence-corrected chi connectivity index (χ3v) is 5.30. The fraction of sp³-hybridized carbons (Fsp3) is 0.409. The van der Waals surface area contributed by atoms with E-state index in [2.05, 4.69) is 19.2 Å². The number of anilines is 2. The Balaban J connectivity index is 1.91. The molecule has 3 rings (SSSR count). The summed E-state index contributed by atoms with van der Waals surface area (Å²) >= 11 is 0. The van der Waals surface area contributed by atoms with E-state index >= 15 is 0 Å². The van der Waals surface area contributed by atoms with E-state index in [1.807, 2.05) is 30.0 Å². The second-order valence-corrected chi connectivity index (χ2v) is 7.66. The van der Waals surface area contributed by atoms with Crippen LogP contribution < -0.4 is 10.2 Å². The number of hydrogen-bond acceptors (Lipinski definition) is 4. The van der Waals surface area contributed by atoms with Gasteiger partial charge >= 0.3 is 0 Å². The lowest BCUT2D eigenvalue weighted by molar-refractivity contribution is -0.384. The van der Waals surface area contributed by atoms with E-state index < -0.39 is 4.92 Å². The molecular formula is C22H27N3O3. The first kappa shape index (κ1) is 19.9. The number of aryl methyl sites for hydroxylation is 1. The Kier molecular flexibility index (Phi) is 5.97. The normalized spacial score (nSPS) is 14.2. The Morgan fingerprint density at radius 2 is 1.86 bits per heavy atom. The van der Waals surface area contributed by atoms with Crippen molar-refractivity contribution in [2.45, 2.75) is 46.0 Å². The number of nitro groups is 1. The zero-order valence-corrected chi connectivity index (χ0v) is 16.7. The van der Waals surface area contributed by atoms with Crippen LogP contribution in [0, 0.1) is 17.0 Å². The molecule has 1 aliphatic rings. The van der Waals surface area contributed by atoms with Gasteiger partial charge in [0, 0.05) is 30.4 Å². The van der Waals surface area contributed by atoms with Gasteiger partial charge in [0.2, 0.25) is 0 Å². The van der Waals surface area contributed by atoms with Gasteiger partial charge in [-0.2, -0.15) is 0 Å². The van der Waals surface area contributed by atoms with Crippen molar-refractivity contribution < 1.29 is 9.72 Å². The number of piperidine rings is 1. The van der Waals surface area contributed by atoms with E-state index in [1.54, 1.807) is 12.1 Å². The van der Waals surface area contributed by atoms with E-state index in [4.69, 9.17) is 0 Å². The SMILES string of the molecule is Cc1cccc(C(C)C)c1NC(=O)c1ccc(N2CCCCC2)c([N+](=O)[O-])c1.